The first kappa shape index (κ1) is 19.2. The van der Waals surface area contributed by atoms with Gasteiger partial charge in [0.25, 0.3) is 0 Å². The quantitative estimate of drug-likeness (QED) is 0.498. The van der Waals surface area contributed by atoms with Crippen LogP contribution in [0.2, 0.25) is 0 Å². The average Bonchev–Trinajstić information content (AvgIpc) is 2.56. The van der Waals surface area contributed by atoms with Gasteiger partial charge in [-0.3, -0.25) is 0 Å². The van der Waals surface area contributed by atoms with Crippen molar-refractivity contribution in [2.45, 2.75) is 54.4 Å². The van der Waals surface area contributed by atoms with Gasteiger partial charge in [0.1, 0.15) is 0 Å². The number of hydrogen-bond acceptors (Lipinski definition) is 0. The number of rotatable bonds is 1. The van der Waals surface area contributed by atoms with Gasteiger partial charge in [-0.2, -0.15) is 0 Å². The van der Waals surface area contributed by atoms with Gasteiger partial charge in [-0.25, -0.2) is 0 Å². The van der Waals surface area contributed by atoms with E-state index >= 15 is 0 Å². The topological polar surface area (TPSA) is 0 Å². The van der Waals surface area contributed by atoms with E-state index in [0.717, 1.165) is 0 Å². The van der Waals surface area contributed by atoms with Crippen molar-refractivity contribution in [3.63, 3.8) is 0 Å². The van der Waals surface area contributed by atoms with E-state index in [1.54, 1.807) is 0 Å². The summed E-state index contributed by atoms with van der Waals surface area (Å²) in [5.41, 5.74) is 6.15. The van der Waals surface area contributed by atoms with Crippen molar-refractivity contribution in [1.29, 1.82) is 0 Å². The lowest BCUT2D eigenvalue weighted by molar-refractivity contribution is 0.351. The first-order valence-corrected chi connectivity index (χ1v) is 9.29. The summed E-state index contributed by atoms with van der Waals surface area (Å²) in [5, 5.41) is 2.69. The molecule has 0 saturated carbocycles. The molecule has 3 rings (SSSR count). The van der Waals surface area contributed by atoms with E-state index in [2.05, 4.69) is 102 Å². The van der Waals surface area contributed by atoms with Crippen LogP contribution in [0.5, 0.6) is 0 Å². The highest BCUT2D eigenvalue weighted by atomic mass is 14.3. The van der Waals surface area contributed by atoms with Crippen LogP contribution in [0.4, 0.5) is 0 Å². The zero-order chi connectivity index (χ0) is 18.4. The Labute approximate surface area is 154 Å². The predicted molar refractivity (Wildman–Crippen MR) is 114 cm³/mol. The zero-order valence-corrected chi connectivity index (χ0v) is 16.7. The van der Waals surface area contributed by atoms with Gasteiger partial charge in [-0.1, -0.05) is 85.7 Å². The fourth-order valence-corrected chi connectivity index (χ4v) is 3.77. The summed E-state index contributed by atoms with van der Waals surface area (Å²) in [6.45, 7) is 13.2. The minimum absolute atomic E-state index is 0.487. The second-order valence-electron chi connectivity index (χ2n) is 7.89. The maximum absolute atomic E-state index is 2.34. The highest BCUT2D eigenvalue weighted by molar-refractivity contribution is 5.92. The summed E-state index contributed by atoms with van der Waals surface area (Å²) in [6, 6.07) is 12.9. The van der Waals surface area contributed by atoms with Crippen molar-refractivity contribution in [1.82, 2.24) is 0 Å². The molecule has 0 aromatic heterocycles. The van der Waals surface area contributed by atoms with Crippen LogP contribution in [0.15, 0.2) is 65.8 Å². The third-order valence-corrected chi connectivity index (χ3v) is 4.76. The largest absolute Gasteiger partial charge is 0.0870 e. The van der Waals surface area contributed by atoms with Gasteiger partial charge in [0.05, 0.1) is 0 Å². The molecule has 2 aromatic carbocycles. The van der Waals surface area contributed by atoms with Gasteiger partial charge in [0.2, 0.25) is 0 Å². The lowest BCUT2D eigenvalue weighted by Crippen LogP contribution is -2.16. The number of benzene rings is 2. The van der Waals surface area contributed by atoms with E-state index in [-0.39, 0.29) is 0 Å². The monoisotopic (exact) mass is 332 g/mol. The molecule has 1 aliphatic rings. The van der Waals surface area contributed by atoms with Crippen molar-refractivity contribution in [3.05, 3.63) is 76.9 Å². The van der Waals surface area contributed by atoms with Crippen molar-refractivity contribution >= 4 is 16.8 Å². The third kappa shape index (κ3) is 5.19. The zero-order valence-electron chi connectivity index (χ0n) is 16.7. The fourth-order valence-electron chi connectivity index (χ4n) is 3.77. The SMILES string of the molecule is CC=C1C=C(C)CC(C)(C)C1.CC=Cc1ccc(C)c2ccccc12. The minimum Gasteiger partial charge on any atom is -0.0870 e. The van der Waals surface area contributed by atoms with Crippen LogP contribution < -0.4 is 0 Å². The maximum Gasteiger partial charge on any atom is -0.0109 e. The molecule has 0 radical (unpaired) electrons. The summed E-state index contributed by atoms with van der Waals surface area (Å²) < 4.78 is 0. The Balaban J connectivity index is 0.000000186. The smallest absolute Gasteiger partial charge is 0.0109 e. The molecule has 1 aliphatic carbocycles. The van der Waals surface area contributed by atoms with Crippen LogP contribution in [0.1, 0.15) is 58.6 Å². The summed E-state index contributed by atoms with van der Waals surface area (Å²) in [5.74, 6) is 0. The lowest BCUT2D eigenvalue weighted by Gasteiger charge is -2.30. The normalized spacial score (nSPS) is 18.2. The molecule has 0 spiro atoms. The standard InChI is InChI=1S/C14H14.C11H18/c1-3-6-12-10-9-11(2)13-7-4-5-8-14(12)13;1-5-10-6-9(2)7-11(3,4)8-10/h3-10H,1-2H3;5-6H,7-8H2,1-4H3. The number of hydrogen-bond donors (Lipinski definition) is 0. The molecule has 132 valence electrons. The molecule has 0 N–H and O–H groups in total. The first-order valence-electron chi connectivity index (χ1n) is 9.29. The number of aryl methyl sites for hydroxylation is 1. The molecule has 2 aromatic rings. The van der Waals surface area contributed by atoms with Crippen molar-refractivity contribution in [2.24, 2.45) is 5.41 Å². The molecule has 25 heavy (non-hydrogen) atoms. The van der Waals surface area contributed by atoms with Crippen LogP contribution >= 0.6 is 0 Å². The van der Waals surface area contributed by atoms with E-state index in [1.807, 2.05) is 0 Å². The van der Waals surface area contributed by atoms with E-state index in [9.17, 15) is 0 Å². The Kier molecular flexibility index (Phi) is 6.42. The van der Waals surface area contributed by atoms with Crippen molar-refractivity contribution < 1.29 is 0 Å². The van der Waals surface area contributed by atoms with E-state index < -0.39 is 0 Å². The molecule has 0 nitrogen and oxygen atoms in total. The summed E-state index contributed by atoms with van der Waals surface area (Å²) in [6.07, 6.45) is 11.3. The Morgan fingerprint density at radius 3 is 2.16 bits per heavy atom. The second kappa shape index (κ2) is 8.34. The Morgan fingerprint density at radius 2 is 1.56 bits per heavy atom. The highest BCUT2D eigenvalue weighted by Gasteiger charge is 2.22. The molecule has 0 heterocycles. The van der Waals surface area contributed by atoms with Crippen LogP contribution in [-0.2, 0) is 0 Å². The summed E-state index contributed by atoms with van der Waals surface area (Å²) in [4.78, 5) is 0. The van der Waals surface area contributed by atoms with E-state index in [0.29, 0.717) is 5.41 Å². The Morgan fingerprint density at radius 1 is 0.880 bits per heavy atom. The molecule has 0 aliphatic heterocycles. The highest BCUT2D eigenvalue weighted by Crippen LogP contribution is 2.37. The Bertz CT molecular complexity index is 813. The van der Waals surface area contributed by atoms with Gasteiger partial charge in [0.15, 0.2) is 0 Å². The second-order valence-corrected chi connectivity index (χ2v) is 7.89. The van der Waals surface area contributed by atoms with Crippen LogP contribution in [0, 0.1) is 12.3 Å². The molecule has 0 fully saturated rings. The third-order valence-electron chi connectivity index (χ3n) is 4.76. The Hall–Kier alpha value is -2.08. The molecule has 0 heteroatoms. The molecule has 0 saturated heterocycles. The van der Waals surface area contributed by atoms with Crippen LogP contribution in [0.3, 0.4) is 0 Å². The molecule has 0 bridgehead atoms. The lowest BCUT2D eigenvalue weighted by atomic mass is 9.76. The molecular formula is C25H32. The van der Waals surface area contributed by atoms with Crippen molar-refractivity contribution in [2.75, 3.05) is 0 Å². The average molecular weight is 333 g/mol. The van der Waals surface area contributed by atoms with E-state index in [1.165, 1.54) is 45.9 Å². The minimum atomic E-state index is 0.487. The van der Waals surface area contributed by atoms with Gasteiger partial charge >= 0.3 is 0 Å². The van der Waals surface area contributed by atoms with Gasteiger partial charge in [0, 0.05) is 0 Å². The van der Waals surface area contributed by atoms with Gasteiger partial charge < -0.3 is 0 Å². The summed E-state index contributed by atoms with van der Waals surface area (Å²) >= 11 is 0. The molecular weight excluding hydrogens is 300 g/mol. The van der Waals surface area contributed by atoms with Gasteiger partial charge in [-0.05, 0) is 67.9 Å². The van der Waals surface area contributed by atoms with Gasteiger partial charge in [-0.15, -0.1) is 0 Å². The molecule has 0 unspecified atom stereocenters. The summed E-state index contributed by atoms with van der Waals surface area (Å²) in [7, 11) is 0. The van der Waals surface area contributed by atoms with Crippen LogP contribution in [0.25, 0.3) is 16.8 Å². The fraction of sp³-hybridized carbons (Fsp3) is 0.360. The van der Waals surface area contributed by atoms with Crippen molar-refractivity contribution in [3.8, 4) is 0 Å². The predicted octanol–water partition coefficient (Wildman–Crippen LogP) is 7.88. The van der Waals surface area contributed by atoms with Crippen LogP contribution in [-0.4, -0.2) is 0 Å². The maximum atomic E-state index is 2.34. The molecule has 0 atom stereocenters. The number of allylic oxidation sites excluding steroid dienone is 5. The first-order chi connectivity index (χ1) is 11.9. The molecule has 0 amide bonds. The van der Waals surface area contributed by atoms with E-state index in [4.69, 9.17) is 0 Å². The number of fused-ring (bicyclic) bond motifs is 1.